The molecular formula is C27H33FN6O3. The van der Waals surface area contributed by atoms with Gasteiger partial charge in [-0.05, 0) is 50.6 Å². The van der Waals surface area contributed by atoms with Crippen molar-refractivity contribution in [2.45, 2.75) is 44.7 Å². The number of nitrogens with two attached hydrogens (primary N) is 2. The number of nitrogens with one attached hydrogen (secondary N) is 1. The monoisotopic (exact) mass is 508 g/mol. The first-order valence-electron chi connectivity index (χ1n) is 12.1. The lowest BCUT2D eigenvalue weighted by atomic mass is 9.98. The molecule has 9 nitrogen and oxygen atoms in total. The first kappa shape index (κ1) is 27.5. The number of aromatic nitrogens is 2. The fraction of sp³-hybridized carbons (Fsp3) is 0.333. The van der Waals surface area contributed by atoms with Gasteiger partial charge in [-0.15, -0.1) is 0 Å². The predicted molar refractivity (Wildman–Crippen MR) is 138 cm³/mol. The summed E-state index contributed by atoms with van der Waals surface area (Å²) in [6.07, 6.45) is 6.09. The molecule has 1 aromatic carbocycles. The number of benzene rings is 1. The molecule has 1 amide bonds. The number of hydrogen-bond donors (Lipinski definition) is 3. The van der Waals surface area contributed by atoms with Crippen molar-refractivity contribution in [2.75, 3.05) is 13.6 Å². The maximum Gasteiger partial charge on any atom is 0.238 e. The summed E-state index contributed by atoms with van der Waals surface area (Å²) in [5.74, 6) is 0.0448. The maximum absolute atomic E-state index is 14.5. The van der Waals surface area contributed by atoms with Gasteiger partial charge in [-0.3, -0.25) is 9.69 Å². The van der Waals surface area contributed by atoms with E-state index in [1.54, 1.807) is 24.4 Å². The molecule has 0 bridgehead atoms. The van der Waals surface area contributed by atoms with Crippen LogP contribution < -0.4 is 16.8 Å². The number of allylic oxidation sites excluding steroid dienone is 1. The van der Waals surface area contributed by atoms with Gasteiger partial charge in [0, 0.05) is 35.5 Å². The van der Waals surface area contributed by atoms with Crippen LogP contribution in [0, 0.1) is 5.95 Å². The smallest absolute Gasteiger partial charge is 0.238 e. The van der Waals surface area contributed by atoms with Gasteiger partial charge in [0.15, 0.2) is 5.76 Å². The molecular weight excluding hydrogens is 475 g/mol. The first-order valence-corrected chi connectivity index (χ1v) is 12.1. The van der Waals surface area contributed by atoms with Gasteiger partial charge in [-0.25, -0.2) is 4.98 Å². The number of halogens is 1. The molecule has 4 rings (SSSR count). The van der Waals surface area contributed by atoms with Crippen LogP contribution in [0.25, 0.3) is 11.3 Å². The second-order valence-corrected chi connectivity index (χ2v) is 8.73. The standard InChI is InChI=1S/C23H25FN4O2.C4H8N2O/c1-3-15-9-10-18(26-22(15)24)21(27-23(29)19-8-5-13-28(19)2)17-7-4-6-16(14-17)20-11-12-25-30-20;5-3-4(6)1-2-7/h4,6-7,9-12,14,19,21H,3,5,8,13H2,1-2H3,(H,27,29);2-3H,1,5-6H2/b;4-3-. The Bertz CT molecular complexity index is 1210. The molecule has 196 valence electrons. The average Bonchev–Trinajstić information content (AvgIpc) is 3.60. The summed E-state index contributed by atoms with van der Waals surface area (Å²) in [4.78, 5) is 28.9. The second-order valence-electron chi connectivity index (χ2n) is 8.73. The summed E-state index contributed by atoms with van der Waals surface area (Å²) in [5.41, 5.74) is 13.1. The van der Waals surface area contributed by atoms with Crippen LogP contribution in [-0.4, -0.2) is 46.9 Å². The van der Waals surface area contributed by atoms with Crippen LogP contribution >= 0.6 is 0 Å². The molecule has 3 heterocycles. The lowest BCUT2D eigenvalue weighted by molar-refractivity contribution is -0.125. The number of aryl methyl sites for hydroxylation is 1. The van der Waals surface area contributed by atoms with Crippen LogP contribution in [0.3, 0.4) is 0 Å². The number of likely N-dealkylation sites (tertiary alicyclic amines) is 1. The minimum Gasteiger partial charge on any atom is -0.403 e. The average molecular weight is 509 g/mol. The molecule has 5 N–H and O–H groups in total. The molecule has 10 heteroatoms. The third-order valence-electron chi connectivity index (χ3n) is 6.21. The number of nitrogens with zero attached hydrogens (tertiary/aromatic N) is 3. The van der Waals surface area contributed by atoms with E-state index in [-0.39, 0.29) is 18.4 Å². The Labute approximate surface area is 215 Å². The van der Waals surface area contributed by atoms with Gasteiger partial charge >= 0.3 is 0 Å². The Morgan fingerprint density at radius 2 is 2.14 bits per heavy atom. The summed E-state index contributed by atoms with van der Waals surface area (Å²) in [5, 5.41) is 6.86. The van der Waals surface area contributed by atoms with Crippen molar-refractivity contribution >= 4 is 12.2 Å². The van der Waals surface area contributed by atoms with Crippen molar-refractivity contribution in [3.8, 4) is 11.3 Å². The number of hydrogen-bond acceptors (Lipinski definition) is 8. The molecule has 1 fully saturated rings. The lowest BCUT2D eigenvalue weighted by Gasteiger charge is -2.24. The minimum atomic E-state index is -0.574. The molecule has 2 aromatic heterocycles. The van der Waals surface area contributed by atoms with E-state index in [0.29, 0.717) is 35.4 Å². The fourth-order valence-electron chi connectivity index (χ4n) is 4.11. The number of carbonyl (C=O) groups is 2. The van der Waals surface area contributed by atoms with Crippen LogP contribution in [0.4, 0.5) is 4.39 Å². The second kappa shape index (κ2) is 13.3. The highest BCUT2D eigenvalue weighted by Crippen LogP contribution is 2.28. The SMILES string of the molecule is CCc1ccc(C(NC(=O)C2CCCN2C)c2cccc(-c3ccno3)c2)nc1F.N/C=C(\N)CC=O. The molecule has 1 aliphatic heterocycles. The van der Waals surface area contributed by atoms with Gasteiger partial charge in [0.2, 0.25) is 11.9 Å². The zero-order valence-corrected chi connectivity index (χ0v) is 21.1. The number of pyridine rings is 1. The van der Waals surface area contributed by atoms with Crippen LogP contribution in [-0.2, 0) is 16.0 Å². The Morgan fingerprint density at radius 1 is 1.32 bits per heavy atom. The van der Waals surface area contributed by atoms with Crippen molar-refractivity contribution < 1.29 is 18.5 Å². The molecule has 0 radical (unpaired) electrons. The Kier molecular flexibility index (Phi) is 9.91. The van der Waals surface area contributed by atoms with E-state index in [0.717, 1.165) is 30.5 Å². The summed E-state index contributed by atoms with van der Waals surface area (Å²) in [6.45, 7) is 2.78. The van der Waals surface area contributed by atoms with Crippen molar-refractivity contribution in [2.24, 2.45) is 11.5 Å². The zero-order chi connectivity index (χ0) is 26.8. The van der Waals surface area contributed by atoms with E-state index in [1.807, 2.05) is 43.1 Å². The highest BCUT2D eigenvalue weighted by Gasteiger charge is 2.30. The number of carbonyl (C=O) groups excluding carboxylic acids is 2. The minimum absolute atomic E-state index is 0.0770. The Balaban J connectivity index is 0.000000479. The van der Waals surface area contributed by atoms with Gasteiger partial charge in [-0.2, -0.15) is 4.39 Å². The molecule has 3 aromatic rings. The third-order valence-corrected chi connectivity index (χ3v) is 6.21. The van der Waals surface area contributed by atoms with Crippen molar-refractivity contribution in [3.63, 3.8) is 0 Å². The van der Waals surface area contributed by atoms with Crippen molar-refractivity contribution in [1.82, 2.24) is 20.4 Å². The number of aldehydes is 1. The molecule has 1 aliphatic rings. The van der Waals surface area contributed by atoms with Gasteiger partial charge in [0.05, 0.1) is 24.0 Å². The van der Waals surface area contributed by atoms with E-state index in [9.17, 15) is 14.0 Å². The van der Waals surface area contributed by atoms with Gasteiger partial charge in [0.25, 0.3) is 0 Å². The highest BCUT2D eigenvalue weighted by atomic mass is 19.1. The van der Waals surface area contributed by atoms with E-state index >= 15 is 0 Å². The van der Waals surface area contributed by atoms with Gasteiger partial charge in [0.1, 0.15) is 6.29 Å². The quantitative estimate of drug-likeness (QED) is 0.311. The van der Waals surface area contributed by atoms with E-state index in [4.69, 9.17) is 16.0 Å². The predicted octanol–water partition coefficient (Wildman–Crippen LogP) is 3.07. The summed E-state index contributed by atoms with van der Waals surface area (Å²) >= 11 is 0. The molecule has 2 unspecified atom stereocenters. The summed E-state index contributed by atoms with van der Waals surface area (Å²) < 4.78 is 19.7. The molecule has 0 spiro atoms. The van der Waals surface area contributed by atoms with Crippen molar-refractivity contribution in [1.29, 1.82) is 0 Å². The van der Waals surface area contributed by atoms with Crippen LogP contribution in [0.15, 0.2) is 65.1 Å². The molecule has 0 aliphatic carbocycles. The van der Waals surface area contributed by atoms with Crippen LogP contribution in [0.5, 0.6) is 0 Å². The Hall–Kier alpha value is -4.05. The normalized spacial score (nSPS) is 16.5. The summed E-state index contributed by atoms with van der Waals surface area (Å²) in [7, 11) is 1.95. The van der Waals surface area contributed by atoms with Gasteiger partial charge in [-0.1, -0.05) is 36.3 Å². The van der Waals surface area contributed by atoms with Gasteiger partial charge < -0.3 is 26.1 Å². The molecule has 37 heavy (non-hydrogen) atoms. The maximum atomic E-state index is 14.5. The highest BCUT2D eigenvalue weighted by molar-refractivity contribution is 5.83. The topological polar surface area (TPSA) is 140 Å². The number of rotatable bonds is 8. The van der Waals surface area contributed by atoms with Crippen LogP contribution in [0.2, 0.25) is 0 Å². The fourth-order valence-corrected chi connectivity index (χ4v) is 4.11. The number of likely N-dealkylation sites (N-methyl/N-ethyl adjacent to an activating group) is 1. The van der Waals surface area contributed by atoms with E-state index in [2.05, 4.69) is 15.5 Å². The van der Waals surface area contributed by atoms with Crippen molar-refractivity contribution in [3.05, 3.63) is 83.3 Å². The Morgan fingerprint density at radius 3 is 2.70 bits per heavy atom. The largest absolute Gasteiger partial charge is 0.403 e. The zero-order valence-electron chi connectivity index (χ0n) is 21.1. The number of amides is 1. The molecule has 2 atom stereocenters. The van der Waals surface area contributed by atoms with E-state index < -0.39 is 12.0 Å². The molecule has 1 saturated heterocycles. The third kappa shape index (κ3) is 7.23. The lowest BCUT2D eigenvalue weighted by Crippen LogP contribution is -2.43. The summed E-state index contributed by atoms with van der Waals surface area (Å²) in [6, 6.07) is 12.1. The molecule has 0 saturated carbocycles. The van der Waals surface area contributed by atoms with Crippen LogP contribution in [0.1, 0.15) is 49.0 Å². The first-order chi connectivity index (χ1) is 17.9. The van der Waals surface area contributed by atoms with E-state index in [1.165, 1.54) is 6.20 Å².